The van der Waals surface area contributed by atoms with Crippen molar-refractivity contribution < 1.29 is 14.6 Å². The van der Waals surface area contributed by atoms with E-state index in [2.05, 4.69) is 39.5 Å². The number of hydrogen-bond donors (Lipinski definition) is 3. The van der Waals surface area contributed by atoms with Gasteiger partial charge < -0.3 is 30.5 Å². The second kappa shape index (κ2) is 11.8. The van der Waals surface area contributed by atoms with Crippen molar-refractivity contribution in [3.05, 3.63) is 48.0 Å². The number of halogens is 1. The lowest BCUT2D eigenvalue weighted by atomic mass is 9.97. The topological polar surface area (TPSA) is 92.3 Å². The molecule has 2 aromatic rings. The summed E-state index contributed by atoms with van der Waals surface area (Å²) in [5, 5.41) is 12.4. The van der Waals surface area contributed by atoms with E-state index < -0.39 is 0 Å². The number of aliphatic hydroxyl groups is 1. The first-order chi connectivity index (χ1) is 14.1. The van der Waals surface area contributed by atoms with E-state index in [-0.39, 0.29) is 24.0 Å². The number of aliphatic imine (C=N–C) groups is 1. The summed E-state index contributed by atoms with van der Waals surface area (Å²) in [5.74, 6) is 2.13. The van der Waals surface area contributed by atoms with Gasteiger partial charge in [-0.3, -0.25) is 0 Å². The molecule has 0 unspecified atom stereocenters. The summed E-state index contributed by atoms with van der Waals surface area (Å²) in [6.07, 6.45) is 2.08. The van der Waals surface area contributed by atoms with Crippen molar-refractivity contribution in [1.29, 1.82) is 0 Å². The highest BCUT2D eigenvalue weighted by Crippen LogP contribution is 2.28. The van der Waals surface area contributed by atoms with Crippen LogP contribution in [0.2, 0.25) is 0 Å². The highest BCUT2D eigenvalue weighted by molar-refractivity contribution is 14.0. The molecule has 0 atom stereocenters. The summed E-state index contributed by atoms with van der Waals surface area (Å²) >= 11 is 0. The Morgan fingerprint density at radius 2 is 1.83 bits per heavy atom. The fraction of sp³-hybridized carbons (Fsp3) is 0.409. The third kappa shape index (κ3) is 6.40. The van der Waals surface area contributed by atoms with Gasteiger partial charge in [0, 0.05) is 31.5 Å². The van der Waals surface area contributed by atoms with Crippen LogP contribution in [0.25, 0.3) is 0 Å². The minimum atomic E-state index is 0. The van der Waals surface area contributed by atoms with Crippen LogP contribution in [0.1, 0.15) is 18.4 Å². The van der Waals surface area contributed by atoms with E-state index in [0.29, 0.717) is 42.2 Å². The number of rotatable bonds is 7. The van der Waals surface area contributed by atoms with Gasteiger partial charge >= 0.3 is 0 Å². The van der Waals surface area contributed by atoms with Crippen LogP contribution in [0, 0.1) is 5.92 Å². The number of guanidine groups is 1. The zero-order chi connectivity index (χ0) is 20.6. The Balaban J connectivity index is 0.00000320. The second-order valence-corrected chi connectivity index (χ2v) is 7.17. The highest BCUT2D eigenvalue weighted by atomic mass is 127. The molecule has 2 aromatic carbocycles. The molecule has 164 valence electrons. The molecule has 0 radical (unpaired) electrons. The Morgan fingerprint density at radius 1 is 1.13 bits per heavy atom. The number of benzene rings is 2. The molecule has 0 amide bonds. The third-order valence-corrected chi connectivity index (χ3v) is 5.28. The van der Waals surface area contributed by atoms with E-state index in [4.69, 9.17) is 15.2 Å². The predicted octanol–water partition coefficient (Wildman–Crippen LogP) is 3.46. The molecule has 1 heterocycles. The number of nitrogens with one attached hydrogen (secondary N) is 1. The van der Waals surface area contributed by atoms with Crippen molar-refractivity contribution in [3.8, 4) is 11.5 Å². The Morgan fingerprint density at radius 3 is 2.43 bits per heavy atom. The highest BCUT2D eigenvalue weighted by Gasteiger charge is 2.18. The van der Waals surface area contributed by atoms with Crippen LogP contribution in [0.4, 0.5) is 11.4 Å². The monoisotopic (exact) mass is 526 g/mol. The molecular formula is C22H31IN4O3. The van der Waals surface area contributed by atoms with Crippen LogP contribution >= 0.6 is 24.0 Å². The number of nitrogens with two attached hydrogens (primary N) is 1. The first-order valence-corrected chi connectivity index (χ1v) is 9.86. The number of hydrogen-bond acceptors (Lipinski definition) is 5. The predicted molar refractivity (Wildman–Crippen MR) is 132 cm³/mol. The summed E-state index contributed by atoms with van der Waals surface area (Å²) in [6.45, 7) is 2.75. The number of anilines is 2. The molecular weight excluding hydrogens is 495 g/mol. The maximum Gasteiger partial charge on any atom is 0.193 e. The average Bonchev–Trinajstić information content (AvgIpc) is 2.78. The van der Waals surface area contributed by atoms with E-state index >= 15 is 0 Å². The number of piperidine rings is 1. The van der Waals surface area contributed by atoms with E-state index in [9.17, 15) is 5.11 Å². The molecule has 0 aromatic heterocycles. The molecule has 0 aliphatic carbocycles. The first kappa shape index (κ1) is 24.1. The van der Waals surface area contributed by atoms with Crippen molar-refractivity contribution in [1.82, 2.24) is 0 Å². The third-order valence-electron chi connectivity index (χ3n) is 5.28. The van der Waals surface area contributed by atoms with Gasteiger partial charge in [-0.25, -0.2) is 4.99 Å². The van der Waals surface area contributed by atoms with Crippen LogP contribution in [0.5, 0.6) is 11.5 Å². The maximum absolute atomic E-state index is 9.28. The maximum atomic E-state index is 9.28. The van der Waals surface area contributed by atoms with Crippen LogP contribution in [-0.4, -0.2) is 45.0 Å². The molecule has 0 spiro atoms. The minimum absolute atomic E-state index is 0. The number of aliphatic hydroxyl groups excluding tert-OH is 1. The Hall–Kier alpha value is -2.20. The van der Waals surface area contributed by atoms with Crippen molar-refractivity contribution in [2.24, 2.45) is 16.6 Å². The van der Waals surface area contributed by atoms with Crippen LogP contribution in [0.3, 0.4) is 0 Å². The number of ether oxygens (including phenoxy) is 2. The molecule has 3 rings (SSSR count). The van der Waals surface area contributed by atoms with Gasteiger partial charge in [-0.1, -0.05) is 12.1 Å². The van der Waals surface area contributed by atoms with Gasteiger partial charge in [0.15, 0.2) is 5.96 Å². The van der Waals surface area contributed by atoms with Crippen molar-refractivity contribution in [2.45, 2.75) is 19.4 Å². The molecule has 1 saturated heterocycles. The molecule has 4 N–H and O–H groups in total. The van der Waals surface area contributed by atoms with Crippen LogP contribution in [0.15, 0.2) is 47.5 Å². The van der Waals surface area contributed by atoms with Gasteiger partial charge in [0.25, 0.3) is 0 Å². The zero-order valence-corrected chi connectivity index (χ0v) is 19.8. The average molecular weight is 526 g/mol. The lowest BCUT2D eigenvalue weighted by Gasteiger charge is -2.32. The summed E-state index contributed by atoms with van der Waals surface area (Å²) in [4.78, 5) is 6.79. The van der Waals surface area contributed by atoms with Crippen molar-refractivity contribution in [3.63, 3.8) is 0 Å². The molecule has 7 nitrogen and oxygen atoms in total. The molecule has 0 bridgehead atoms. The first-order valence-electron chi connectivity index (χ1n) is 9.86. The van der Waals surface area contributed by atoms with Crippen LogP contribution in [-0.2, 0) is 6.54 Å². The summed E-state index contributed by atoms with van der Waals surface area (Å²) < 4.78 is 10.6. The Kier molecular flexibility index (Phi) is 9.51. The summed E-state index contributed by atoms with van der Waals surface area (Å²) in [5.41, 5.74) is 9.05. The van der Waals surface area contributed by atoms with E-state index in [0.717, 1.165) is 31.5 Å². The standard InChI is InChI=1S/C22H30N4O3.HI/c1-28-19-7-8-21(29-2)20(13-19)25-22(23)24-14-16-3-5-18(6-4-16)26-11-9-17(15-27)10-12-26;/h3-8,13,17,27H,9-12,14-15H2,1-2H3,(H3,23,24,25);1H. The second-order valence-electron chi connectivity index (χ2n) is 7.17. The normalized spacial score (nSPS) is 14.8. The van der Waals surface area contributed by atoms with Gasteiger partial charge in [-0.05, 0) is 48.6 Å². The van der Waals surface area contributed by atoms with E-state index in [1.165, 1.54) is 5.69 Å². The molecule has 8 heteroatoms. The minimum Gasteiger partial charge on any atom is -0.497 e. The molecule has 0 saturated carbocycles. The van der Waals surface area contributed by atoms with Gasteiger partial charge in [0.2, 0.25) is 0 Å². The smallest absolute Gasteiger partial charge is 0.193 e. The molecule has 1 aliphatic rings. The summed E-state index contributed by atoms with van der Waals surface area (Å²) in [6, 6.07) is 13.9. The van der Waals surface area contributed by atoms with Gasteiger partial charge in [-0.2, -0.15) is 0 Å². The number of nitrogens with zero attached hydrogens (tertiary/aromatic N) is 2. The number of methoxy groups -OCH3 is 2. The lowest BCUT2D eigenvalue weighted by Crippen LogP contribution is -2.34. The van der Waals surface area contributed by atoms with Gasteiger partial charge in [-0.15, -0.1) is 24.0 Å². The van der Waals surface area contributed by atoms with Crippen molar-refractivity contribution in [2.75, 3.05) is 44.1 Å². The van der Waals surface area contributed by atoms with E-state index in [1.54, 1.807) is 14.2 Å². The molecule has 30 heavy (non-hydrogen) atoms. The Bertz CT molecular complexity index is 822. The Labute approximate surface area is 195 Å². The largest absolute Gasteiger partial charge is 0.497 e. The fourth-order valence-corrected chi connectivity index (χ4v) is 3.45. The van der Waals surface area contributed by atoms with Gasteiger partial charge in [0.1, 0.15) is 11.5 Å². The van der Waals surface area contributed by atoms with Crippen LogP contribution < -0.4 is 25.4 Å². The molecule has 1 fully saturated rings. The van der Waals surface area contributed by atoms with E-state index in [1.807, 2.05) is 18.2 Å². The zero-order valence-electron chi connectivity index (χ0n) is 17.5. The lowest BCUT2D eigenvalue weighted by molar-refractivity contribution is 0.203. The van der Waals surface area contributed by atoms with Crippen molar-refractivity contribution >= 4 is 41.3 Å². The summed E-state index contributed by atoms with van der Waals surface area (Å²) in [7, 11) is 3.22. The SMILES string of the molecule is COc1ccc(OC)c(NC(N)=NCc2ccc(N3CCC(CO)CC3)cc2)c1.I. The van der Waals surface area contributed by atoms with Gasteiger partial charge in [0.05, 0.1) is 26.5 Å². The fourth-order valence-electron chi connectivity index (χ4n) is 3.45. The molecule has 1 aliphatic heterocycles. The quantitative estimate of drug-likeness (QED) is 0.291.